The minimum atomic E-state index is -0.266. The van der Waals surface area contributed by atoms with Crippen molar-refractivity contribution in [2.24, 2.45) is 7.05 Å². The summed E-state index contributed by atoms with van der Waals surface area (Å²) >= 11 is 0. The van der Waals surface area contributed by atoms with Crippen LogP contribution in [0.3, 0.4) is 0 Å². The van der Waals surface area contributed by atoms with E-state index in [1.807, 2.05) is 34.8 Å². The second kappa shape index (κ2) is 13.3. The predicted octanol–water partition coefficient (Wildman–Crippen LogP) is 0.530. The Hall–Kier alpha value is -4.32. The van der Waals surface area contributed by atoms with Crippen molar-refractivity contribution >= 4 is 18.9 Å². The van der Waals surface area contributed by atoms with Crippen molar-refractivity contribution in [2.75, 3.05) is 26.2 Å². The van der Waals surface area contributed by atoms with Crippen LogP contribution in [-0.2, 0) is 23.2 Å². The lowest BCUT2D eigenvalue weighted by Gasteiger charge is -2.34. The van der Waals surface area contributed by atoms with E-state index in [2.05, 4.69) is 19.9 Å². The molecular weight excluding hydrogens is 444 g/mol. The summed E-state index contributed by atoms with van der Waals surface area (Å²) in [6.45, 7) is 3.27. The maximum absolute atomic E-state index is 12.9. The van der Waals surface area contributed by atoms with E-state index in [0.29, 0.717) is 24.3 Å². The second-order valence-electron chi connectivity index (χ2n) is 7.12. The first kappa shape index (κ1) is 25.9. The van der Waals surface area contributed by atoms with Crippen LogP contribution in [0, 0.1) is 0 Å². The van der Waals surface area contributed by atoms with Crippen LogP contribution in [0.4, 0.5) is 0 Å². The van der Waals surface area contributed by atoms with E-state index in [9.17, 15) is 9.59 Å². The average molecular weight is 470 g/mol. The van der Waals surface area contributed by atoms with Crippen LogP contribution in [0.1, 0.15) is 16.2 Å². The molecule has 1 fully saturated rings. The highest BCUT2D eigenvalue weighted by atomic mass is 16.3. The Balaban J connectivity index is 0.000000618. The zero-order valence-electron chi connectivity index (χ0n) is 18.6. The maximum Gasteiger partial charge on any atom is 0.290 e. The standard InChI is InChI=1S/C20H22N6O2.2CH2O2/c1-24-6-5-22-18(24)14-25-7-9-26(10-8-25)20(28)16-4-2-3-15(11-16)17-12-21-13-19(27)23-17;2*2-1-3/h2-6,11-13H,7-10,14H2,1H3,(H,23,27);2*1H,(H,2,3). The summed E-state index contributed by atoms with van der Waals surface area (Å²) in [5.41, 5.74) is 1.71. The van der Waals surface area contributed by atoms with Crippen molar-refractivity contribution in [2.45, 2.75) is 6.54 Å². The molecule has 0 unspecified atom stereocenters. The molecule has 3 aromatic rings. The van der Waals surface area contributed by atoms with Gasteiger partial charge in [0.05, 0.1) is 24.6 Å². The quantitative estimate of drug-likeness (QED) is 0.462. The number of hydrogen-bond donors (Lipinski definition) is 3. The average Bonchev–Trinajstić information content (AvgIpc) is 3.24. The van der Waals surface area contributed by atoms with E-state index in [4.69, 9.17) is 19.8 Å². The van der Waals surface area contributed by atoms with Gasteiger partial charge in [-0.25, -0.2) is 4.98 Å². The SMILES string of the molecule is Cn1ccnc1CN1CCN(C(=O)c2cccc(-c3cncc(=O)[nH]3)c2)CC1.O=CO.O=CO. The molecule has 4 rings (SSSR count). The lowest BCUT2D eigenvalue weighted by atomic mass is 10.1. The summed E-state index contributed by atoms with van der Waals surface area (Å²) in [6, 6.07) is 7.29. The molecule has 1 aliphatic rings. The molecular formula is C22H26N6O6. The van der Waals surface area contributed by atoms with Gasteiger partial charge < -0.3 is 24.7 Å². The lowest BCUT2D eigenvalue weighted by molar-refractivity contribution is -0.123. The highest BCUT2D eigenvalue weighted by Gasteiger charge is 2.23. The first-order chi connectivity index (χ1) is 16.4. The molecule has 0 saturated carbocycles. The van der Waals surface area contributed by atoms with Crippen LogP contribution in [0.25, 0.3) is 11.3 Å². The van der Waals surface area contributed by atoms with Crippen LogP contribution < -0.4 is 5.56 Å². The molecule has 3 heterocycles. The highest BCUT2D eigenvalue weighted by molar-refractivity contribution is 5.95. The Bertz CT molecular complexity index is 1130. The number of carbonyl (C=O) groups is 3. The number of aromatic nitrogens is 4. The minimum absolute atomic E-state index is 0.00438. The Morgan fingerprint density at radius 1 is 1.12 bits per heavy atom. The van der Waals surface area contributed by atoms with Gasteiger partial charge >= 0.3 is 0 Å². The normalized spacial score (nSPS) is 13.0. The van der Waals surface area contributed by atoms with E-state index in [-0.39, 0.29) is 24.4 Å². The van der Waals surface area contributed by atoms with Gasteiger partial charge in [0.1, 0.15) is 5.82 Å². The fourth-order valence-corrected chi connectivity index (χ4v) is 3.38. The van der Waals surface area contributed by atoms with Gasteiger partial charge in [0.15, 0.2) is 0 Å². The number of aromatic amines is 1. The van der Waals surface area contributed by atoms with E-state index < -0.39 is 0 Å². The molecule has 0 radical (unpaired) electrons. The summed E-state index contributed by atoms with van der Waals surface area (Å²) < 4.78 is 2.02. The fourth-order valence-electron chi connectivity index (χ4n) is 3.38. The number of piperazine rings is 1. The molecule has 180 valence electrons. The number of amides is 1. The van der Waals surface area contributed by atoms with Crippen LogP contribution in [0.5, 0.6) is 0 Å². The molecule has 1 aromatic carbocycles. The van der Waals surface area contributed by atoms with E-state index in [0.717, 1.165) is 31.0 Å². The zero-order chi connectivity index (χ0) is 24.9. The molecule has 2 aromatic heterocycles. The number of H-pyrrole nitrogens is 1. The van der Waals surface area contributed by atoms with E-state index in [1.165, 1.54) is 6.20 Å². The molecule has 3 N–H and O–H groups in total. The molecule has 0 bridgehead atoms. The third-order valence-electron chi connectivity index (χ3n) is 5.02. The molecule has 12 heteroatoms. The van der Waals surface area contributed by atoms with Gasteiger partial charge in [-0.1, -0.05) is 12.1 Å². The monoisotopic (exact) mass is 470 g/mol. The van der Waals surface area contributed by atoms with Crippen LogP contribution in [0.15, 0.2) is 53.8 Å². The van der Waals surface area contributed by atoms with Crippen molar-refractivity contribution in [1.82, 2.24) is 29.3 Å². The van der Waals surface area contributed by atoms with Crippen molar-refractivity contribution in [1.29, 1.82) is 0 Å². The number of nitrogens with one attached hydrogen (secondary N) is 1. The van der Waals surface area contributed by atoms with Gasteiger partial charge in [0.2, 0.25) is 0 Å². The van der Waals surface area contributed by atoms with Gasteiger partial charge in [-0.3, -0.25) is 29.1 Å². The number of imidazole rings is 1. The number of aryl methyl sites for hydroxylation is 1. The molecule has 0 spiro atoms. The minimum Gasteiger partial charge on any atom is -0.483 e. The molecule has 0 atom stereocenters. The number of carbonyl (C=O) groups excluding carboxylic acids is 1. The third-order valence-corrected chi connectivity index (χ3v) is 5.02. The summed E-state index contributed by atoms with van der Waals surface area (Å²) in [7, 11) is 1.99. The summed E-state index contributed by atoms with van der Waals surface area (Å²) in [5, 5.41) is 13.8. The third kappa shape index (κ3) is 7.38. The topological polar surface area (TPSA) is 162 Å². The number of hydrogen-bond acceptors (Lipinski definition) is 7. The van der Waals surface area contributed by atoms with Crippen molar-refractivity contribution < 1.29 is 24.6 Å². The molecule has 1 saturated heterocycles. The van der Waals surface area contributed by atoms with E-state index in [1.54, 1.807) is 24.5 Å². The molecule has 1 amide bonds. The van der Waals surface area contributed by atoms with Gasteiger partial charge in [-0.15, -0.1) is 0 Å². The number of nitrogens with zero attached hydrogens (tertiary/aromatic N) is 5. The molecule has 12 nitrogen and oxygen atoms in total. The molecule has 1 aliphatic heterocycles. The van der Waals surface area contributed by atoms with E-state index >= 15 is 0 Å². The van der Waals surface area contributed by atoms with Gasteiger partial charge in [0, 0.05) is 56.7 Å². The Morgan fingerprint density at radius 2 is 1.79 bits per heavy atom. The smallest absolute Gasteiger partial charge is 0.290 e. The first-order valence-electron chi connectivity index (χ1n) is 10.2. The Labute approximate surface area is 195 Å². The predicted molar refractivity (Wildman–Crippen MR) is 122 cm³/mol. The van der Waals surface area contributed by atoms with Crippen LogP contribution in [-0.4, -0.2) is 84.6 Å². The zero-order valence-corrected chi connectivity index (χ0v) is 18.6. The summed E-state index contributed by atoms with van der Waals surface area (Å²) in [6.07, 6.45) is 6.56. The largest absolute Gasteiger partial charge is 0.483 e. The van der Waals surface area contributed by atoms with Crippen molar-refractivity contribution in [3.8, 4) is 11.3 Å². The van der Waals surface area contributed by atoms with Gasteiger partial charge in [-0.05, 0) is 12.1 Å². The maximum atomic E-state index is 12.9. The molecule has 34 heavy (non-hydrogen) atoms. The number of benzene rings is 1. The van der Waals surface area contributed by atoms with Crippen molar-refractivity contribution in [3.63, 3.8) is 0 Å². The van der Waals surface area contributed by atoms with Crippen LogP contribution in [0.2, 0.25) is 0 Å². The Morgan fingerprint density at radius 3 is 2.38 bits per heavy atom. The lowest BCUT2D eigenvalue weighted by Crippen LogP contribution is -2.48. The van der Waals surface area contributed by atoms with Crippen LogP contribution >= 0.6 is 0 Å². The second-order valence-corrected chi connectivity index (χ2v) is 7.12. The fraction of sp³-hybridized carbons (Fsp3) is 0.273. The summed E-state index contributed by atoms with van der Waals surface area (Å²) in [5.74, 6) is 1.03. The Kier molecular flexibility index (Phi) is 10.1. The number of rotatable bonds is 4. The van der Waals surface area contributed by atoms with Gasteiger partial charge in [0.25, 0.3) is 24.4 Å². The van der Waals surface area contributed by atoms with Crippen molar-refractivity contribution in [3.05, 3.63) is 70.8 Å². The first-order valence-corrected chi connectivity index (χ1v) is 10.2. The number of carboxylic acid groups (broad SMARTS) is 2. The summed E-state index contributed by atoms with van der Waals surface area (Å²) in [4.78, 5) is 56.4. The molecule has 0 aliphatic carbocycles. The highest BCUT2D eigenvalue weighted by Crippen LogP contribution is 2.18. The van der Waals surface area contributed by atoms with Gasteiger partial charge in [-0.2, -0.15) is 0 Å².